The standard InChI is InChI=1S/C30H35BrClN3O4S/c1-21(2)18-33-30(37)28(17-23-10-6-5-7-11-23)34(19-24-12-8-13-25(31)16-24)29(36)20-35(40(4,38)39)27-15-9-14-26(32)22(27)3/h5-16,21,28H,17-20H2,1-4H3,(H,33,37). The smallest absolute Gasteiger partial charge is 0.244 e. The van der Waals surface area contributed by atoms with Crippen molar-refractivity contribution in [2.45, 2.75) is 39.8 Å². The highest BCUT2D eigenvalue weighted by Crippen LogP contribution is 2.29. The molecule has 7 nitrogen and oxygen atoms in total. The Kier molecular flexibility index (Phi) is 11.2. The first-order valence-electron chi connectivity index (χ1n) is 12.9. The Morgan fingerprint density at radius 3 is 2.25 bits per heavy atom. The summed E-state index contributed by atoms with van der Waals surface area (Å²) in [6.45, 7) is 5.76. The quantitative estimate of drug-likeness (QED) is 0.278. The van der Waals surface area contributed by atoms with Crippen LogP contribution in [0.1, 0.15) is 30.5 Å². The van der Waals surface area contributed by atoms with Gasteiger partial charge in [-0.1, -0.05) is 89.9 Å². The Labute approximate surface area is 250 Å². The van der Waals surface area contributed by atoms with Crippen LogP contribution in [-0.4, -0.2) is 50.5 Å². The first-order valence-corrected chi connectivity index (χ1v) is 16.0. The lowest BCUT2D eigenvalue weighted by Crippen LogP contribution is -2.53. The van der Waals surface area contributed by atoms with Gasteiger partial charge in [-0.3, -0.25) is 13.9 Å². The largest absolute Gasteiger partial charge is 0.354 e. The number of sulfonamides is 1. The van der Waals surface area contributed by atoms with E-state index in [4.69, 9.17) is 11.6 Å². The Bertz CT molecular complexity index is 1430. The number of nitrogens with zero attached hydrogens (tertiary/aromatic N) is 2. The van der Waals surface area contributed by atoms with E-state index in [1.165, 1.54) is 4.90 Å². The lowest BCUT2D eigenvalue weighted by molar-refractivity contribution is -0.140. The van der Waals surface area contributed by atoms with Crippen LogP contribution in [0.25, 0.3) is 0 Å². The van der Waals surface area contributed by atoms with Gasteiger partial charge in [-0.05, 0) is 53.8 Å². The third-order valence-electron chi connectivity index (χ3n) is 6.38. The highest BCUT2D eigenvalue weighted by atomic mass is 79.9. The summed E-state index contributed by atoms with van der Waals surface area (Å²) in [6.07, 6.45) is 1.32. The number of anilines is 1. The van der Waals surface area contributed by atoms with Crippen LogP contribution in [0.3, 0.4) is 0 Å². The summed E-state index contributed by atoms with van der Waals surface area (Å²) in [5.74, 6) is -0.599. The number of amides is 2. The highest BCUT2D eigenvalue weighted by molar-refractivity contribution is 9.10. The Balaban J connectivity index is 2.07. The summed E-state index contributed by atoms with van der Waals surface area (Å²) in [7, 11) is -3.87. The third-order valence-corrected chi connectivity index (χ3v) is 8.41. The van der Waals surface area contributed by atoms with Crippen LogP contribution < -0.4 is 9.62 Å². The topological polar surface area (TPSA) is 86.8 Å². The normalized spacial score (nSPS) is 12.2. The molecule has 0 bridgehead atoms. The van der Waals surface area contributed by atoms with Crippen LogP contribution >= 0.6 is 27.5 Å². The zero-order valence-electron chi connectivity index (χ0n) is 23.1. The number of halogens is 2. The molecule has 2 amide bonds. The van der Waals surface area contributed by atoms with Crippen molar-refractivity contribution in [3.05, 3.63) is 99.0 Å². The van der Waals surface area contributed by atoms with Gasteiger partial charge in [0.1, 0.15) is 12.6 Å². The van der Waals surface area contributed by atoms with E-state index in [9.17, 15) is 18.0 Å². The minimum Gasteiger partial charge on any atom is -0.354 e. The second-order valence-corrected chi connectivity index (χ2v) is 13.4. The van der Waals surface area contributed by atoms with Crippen LogP contribution in [0.5, 0.6) is 0 Å². The number of benzene rings is 3. The molecule has 0 aliphatic heterocycles. The second-order valence-electron chi connectivity index (χ2n) is 10.1. The summed E-state index contributed by atoms with van der Waals surface area (Å²) >= 11 is 9.78. The van der Waals surface area contributed by atoms with E-state index in [1.54, 1.807) is 25.1 Å². The lowest BCUT2D eigenvalue weighted by Gasteiger charge is -2.34. The van der Waals surface area contributed by atoms with Crippen LogP contribution in [0, 0.1) is 12.8 Å². The van der Waals surface area contributed by atoms with Crippen LogP contribution in [-0.2, 0) is 32.6 Å². The molecule has 40 heavy (non-hydrogen) atoms. The fourth-order valence-electron chi connectivity index (χ4n) is 4.27. The molecule has 1 atom stereocenters. The fourth-order valence-corrected chi connectivity index (χ4v) is 5.79. The number of carbonyl (C=O) groups is 2. The predicted molar refractivity (Wildman–Crippen MR) is 165 cm³/mol. The van der Waals surface area contributed by atoms with Gasteiger partial charge >= 0.3 is 0 Å². The maximum atomic E-state index is 14.1. The molecule has 0 radical (unpaired) electrons. The average Bonchev–Trinajstić information content (AvgIpc) is 2.89. The van der Waals surface area contributed by atoms with Crippen LogP contribution in [0.15, 0.2) is 77.3 Å². The third kappa shape index (κ3) is 8.81. The molecule has 1 unspecified atom stereocenters. The van der Waals surface area contributed by atoms with E-state index >= 15 is 0 Å². The van der Waals surface area contributed by atoms with E-state index in [1.807, 2.05) is 68.4 Å². The van der Waals surface area contributed by atoms with Crippen molar-refractivity contribution >= 4 is 55.1 Å². The fraction of sp³-hybridized carbons (Fsp3) is 0.333. The zero-order valence-corrected chi connectivity index (χ0v) is 26.3. The molecule has 0 heterocycles. The molecule has 10 heteroatoms. The summed E-state index contributed by atoms with van der Waals surface area (Å²) in [5.41, 5.74) is 2.53. The van der Waals surface area contributed by atoms with Crippen LogP contribution in [0.4, 0.5) is 5.69 Å². The van der Waals surface area contributed by atoms with Crippen molar-refractivity contribution in [3.63, 3.8) is 0 Å². The number of hydrogen-bond acceptors (Lipinski definition) is 4. The zero-order chi connectivity index (χ0) is 29.4. The number of carbonyl (C=O) groups excluding carboxylic acids is 2. The van der Waals surface area contributed by atoms with Crippen molar-refractivity contribution in [2.24, 2.45) is 5.92 Å². The summed E-state index contributed by atoms with van der Waals surface area (Å²) in [5, 5.41) is 3.36. The van der Waals surface area contributed by atoms with Crippen molar-refractivity contribution in [2.75, 3.05) is 23.7 Å². The van der Waals surface area contributed by atoms with Gasteiger partial charge in [-0.15, -0.1) is 0 Å². The van der Waals surface area contributed by atoms with E-state index < -0.39 is 28.5 Å². The minimum atomic E-state index is -3.87. The van der Waals surface area contributed by atoms with Crippen LogP contribution in [0.2, 0.25) is 5.02 Å². The highest BCUT2D eigenvalue weighted by Gasteiger charge is 2.33. The average molecular weight is 649 g/mol. The van der Waals surface area contributed by atoms with Gasteiger partial charge in [0, 0.05) is 29.0 Å². The molecule has 3 aromatic rings. The molecule has 0 aromatic heterocycles. The molecule has 0 saturated carbocycles. The van der Waals surface area contributed by atoms with E-state index in [0.717, 1.165) is 26.2 Å². The van der Waals surface area contributed by atoms with Crippen molar-refractivity contribution in [3.8, 4) is 0 Å². The van der Waals surface area contributed by atoms with Gasteiger partial charge in [0.15, 0.2) is 0 Å². The molecule has 0 fully saturated rings. The van der Waals surface area contributed by atoms with Gasteiger partial charge in [-0.2, -0.15) is 0 Å². The molecular formula is C30H35BrClN3O4S. The number of nitrogens with one attached hydrogen (secondary N) is 1. The Morgan fingerprint density at radius 2 is 1.62 bits per heavy atom. The maximum absolute atomic E-state index is 14.1. The van der Waals surface area contributed by atoms with Gasteiger partial charge in [0.05, 0.1) is 11.9 Å². The molecule has 3 aromatic carbocycles. The first-order chi connectivity index (χ1) is 18.9. The molecule has 0 aliphatic carbocycles. The van der Waals surface area contributed by atoms with Crippen molar-refractivity contribution in [1.29, 1.82) is 0 Å². The maximum Gasteiger partial charge on any atom is 0.244 e. The Hall–Kier alpha value is -2.88. The minimum absolute atomic E-state index is 0.108. The van der Waals surface area contributed by atoms with E-state index in [0.29, 0.717) is 22.8 Å². The van der Waals surface area contributed by atoms with Gasteiger partial charge in [0.2, 0.25) is 21.8 Å². The summed E-state index contributed by atoms with van der Waals surface area (Å²) < 4.78 is 27.8. The van der Waals surface area contributed by atoms with Crippen molar-refractivity contribution < 1.29 is 18.0 Å². The predicted octanol–water partition coefficient (Wildman–Crippen LogP) is 5.59. The van der Waals surface area contributed by atoms with Gasteiger partial charge in [0.25, 0.3) is 0 Å². The molecule has 0 aliphatic rings. The number of rotatable bonds is 12. The summed E-state index contributed by atoms with van der Waals surface area (Å²) in [6, 6.07) is 21.0. The molecule has 0 saturated heterocycles. The first kappa shape index (κ1) is 31.6. The molecular weight excluding hydrogens is 614 g/mol. The molecule has 214 valence electrons. The lowest BCUT2D eigenvalue weighted by atomic mass is 10.0. The van der Waals surface area contributed by atoms with Crippen molar-refractivity contribution in [1.82, 2.24) is 10.2 Å². The monoisotopic (exact) mass is 647 g/mol. The summed E-state index contributed by atoms with van der Waals surface area (Å²) in [4.78, 5) is 29.2. The molecule has 3 rings (SSSR count). The van der Waals surface area contributed by atoms with E-state index in [2.05, 4.69) is 21.2 Å². The SMILES string of the molecule is Cc1c(Cl)cccc1N(CC(=O)N(Cc1cccc(Br)c1)C(Cc1ccccc1)C(=O)NCC(C)C)S(C)(=O)=O. The van der Waals surface area contributed by atoms with E-state index in [-0.39, 0.29) is 24.8 Å². The second kappa shape index (κ2) is 14.1. The number of hydrogen-bond donors (Lipinski definition) is 1. The van der Waals surface area contributed by atoms with Gasteiger partial charge < -0.3 is 10.2 Å². The Morgan fingerprint density at radius 1 is 0.975 bits per heavy atom. The molecule has 0 spiro atoms. The molecule has 1 N–H and O–H groups in total. The van der Waals surface area contributed by atoms with Gasteiger partial charge in [-0.25, -0.2) is 8.42 Å².